The molecule has 1 aliphatic rings. The lowest BCUT2D eigenvalue weighted by Crippen LogP contribution is -2.30. The van der Waals surface area contributed by atoms with Crippen LogP contribution in [0.1, 0.15) is 40.7 Å². The summed E-state index contributed by atoms with van der Waals surface area (Å²) in [6.07, 6.45) is 1.67. The van der Waals surface area contributed by atoms with Gasteiger partial charge in [0.2, 0.25) is 11.7 Å². The molecule has 0 radical (unpaired) electrons. The first-order valence-corrected chi connectivity index (χ1v) is 9.54. The molecular formula is C22H23N3O4. The summed E-state index contributed by atoms with van der Waals surface area (Å²) in [6.45, 7) is 2.67. The van der Waals surface area contributed by atoms with Crippen molar-refractivity contribution in [2.75, 3.05) is 20.8 Å². The lowest BCUT2D eigenvalue weighted by molar-refractivity contribution is 0.0709. The fraction of sp³-hybridized carbons (Fsp3) is 0.318. The molecule has 2 aromatic carbocycles. The molecule has 0 saturated carbocycles. The van der Waals surface area contributed by atoms with Crippen LogP contribution >= 0.6 is 0 Å². The number of carbonyl (C=O) groups excluding carboxylic acids is 1. The van der Waals surface area contributed by atoms with Gasteiger partial charge in [-0.2, -0.15) is 4.98 Å². The molecule has 0 bridgehead atoms. The Morgan fingerprint density at radius 2 is 1.86 bits per heavy atom. The van der Waals surface area contributed by atoms with E-state index in [2.05, 4.69) is 10.1 Å². The van der Waals surface area contributed by atoms with Crippen LogP contribution in [0.2, 0.25) is 0 Å². The summed E-state index contributed by atoms with van der Waals surface area (Å²) >= 11 is 0. The Hall–Kier alpha value is -3.35. The van der Waals surface area contributed by atoms with Crippen LogP contribution in [0, 0.1) is 6.92 Å². The molecule has 1 aromatic heterocycles. The molecule has 0 aliphatic carbocycles. The first kappa shape index (κ1) is 19.0. The van der Waals surface area contributed by atoms with Gasteiger partial charge in [0.25, 0.3) is 5.91 Å². The van der Waals surface area contributed by atoms with Crippen molar-refractivity contribution in [3.8, 4) is 22.9 Å². The van der Waals surface area contributed by atoms with Crippen LogP contribution in [0.15, 0.2) is 47.0 Å². The van der Waals surface area contributed by atoms with Crippen LogP contribution < -0.4 is 9.47 Å². The van der Waals surface area contributed by atoms with Gasteiger partial charge >= 0.3 is 0 Å². The van der Waals surface area contributed by atoms with E-state index in [9.17, 15) is 4.79 Å². The van der Waals surface area contributed by atoms with Gasteiger partial charge in [-0.3, -0.25) is 4.79 Å². The van der Waals surface area contributed by atoms with E-state index in [1.165, 1.54) is 5.56 Å². The summed E-state index contributed by atoms with van der Waals surface area (Å²) in [5, 5.41) is 4.12. The Morgan fingerprint density at radius 3 is 2.59 bits per heavy atom. The van der Waals surface area contributed by atoms with Crippen molar-refractivity contribution < 1.29 is 18.8 Å². The summed E-state index contributed by atoms with van der Waals surface area (Å²) in [5.41, 5.74) is 2.59. The monoisotopic (exact) mass is 393 g/mol. The lowest BCUT2D eigenvalue weighted by atomic mass is 10.1. The third-order valence-corrected chi connectivity index (χ3v) is 5.18. The number of likely N-dealkylation sites (tertiary alicyclic amines) is 1. The molecule has 1 fully saturated rings. The lowest BCUT2D eigenvalue weighted by Gasteiger charge is -2.22. The van der Waals surface area contributed by atoms with Crippen molar-refractivity contribution in [1.82, 2.24) is 15.0 Å². The van der Waals surface area contributed by atoms with E-state index in [1.54, 1.807) is 37.3 Å². The predicted molar refractivity (Wildman–Crippen MR) is 107 cm³/mol. The average Bonchev–Trinajstić information content (AvgIpc) is 3.42. The molecule has 3 aromatic rings. The number of ether oxygens (including phenoxy) is 2. The molecule has 2 heterocycles. The highest BCUT2D eigenvalue weighted by Gasteiger charge is 2.35. The van der Waals surface area contributed by atoms with Gasteiger partial charge in [0.05, 0.1) is 14.2 Å². The Bertz CT molecular complexity index is 1010. The first-order chi connectivity index (χ1) is 14.1. The zero-order valence-corrected chi connectivity index (χ0v) is 16.7. The van der Waals surface area contributed by atoms with E-state index in [0.29, 0.717) is 35.3 Å². The van der Waals surface area contributed by atoms with Crippen LogP contribution in [-0.2, 0) is 0 Å². The number of hydrogen-bond donors (Lipinski definition) is 0. The molecule has 1 amide bonds. The van der Waals surface area contributed by atoms with Crippen LogP contribution in [0.5, 0.6) is 11.5 Å². The van der Waals surface area contributed by atoms with Gasteiger partial charge in [0.1, 0.15) is 6.04 Å². The van der Waals surface area contributed by atoms with Crippen molar-refractivity contribution in [3.05, 3.63) is 59.5 Å². The maximum absolute atomic E-state index is 13.2. The number of nitrogens with zero attached hydrogens (tertiary/aromatic N) is 3. The summed E-state index contributed by atoms with van der Waals surface area (Å²) in [7, 11) is 3.12. The normalized spacial score (nSPS) is 16.1. The minimum atomic E-state index is -0.234. The third-order valence-electron chi connectivity index (χ3n) is 5.18. The van der Waals surface area contributed by atoms with E-state index in [-0.39, 0.29) is 11.9 Å². The van der Waals surface area contributed by atoms with Crippen molar-refractivity contribution >= 4 is 5.91 Å². The number of hydrogen-bond acceptors (Lipinski definition) is 6. The molecule has 0 unspecified atom stereocenters. The molecule has 7 heteroatoms. The fourth-order valence-electron chi connectivity index (χ4n) is 3.59. The smallest absolute Gasteiger partial charge is 0.254 e. The Morgan fingerprint density at radius 1 is 1.10 bits per heavy atom. The maximum atomic E-state index is 13.2. The highest BCUT2D eigenvalue weighted by molar-refractivity contribution is 5.95. The fourth-order valence-corrected chi connectivity index (χ4v) is 3.59. The highest BCUT2D eigenvalue weighted by Crippen LogP contribution is 2.35. The molecular weight excluding hydrogens is 370 g/mol. The summed E-state index contributed by atoms with van der Waals surface area (Å²) in [6, 6.07) is 12.9. The number of aromatic nitrogens is 2. The Balaban J connectivity index is 1.58. The van der Waals surface area contributed by atoms with Gasteiger partial charge in [0, 0.05) is 17.7 Å². The standard InChI is InChI=1S/C22H23N3O4/c1-14-6-8-15(9-7-14)20-23-21(29-24-20)17-5-4-12-25(17)22(26)16-10-11-18(27-2)19(13-16)28-3/h6-11,13,17H,4-5,12H2,1-3H3/t17-/m1/s1. The highest BCUT2D eigenvalue weighted by atomic mass is 16.5. The molecule has 4 rings (SSSR count). The van der Waals surface area contributed by atoms with E-state index in [0.717, 1.165) is 18.4 Å². The third kappa shape index (κ3) is 3.68. The molecule has 150 valence electrons. The van der Waals surface area contributed by atoms with E-state index >= 15 is 0 Å². The second kappa shape index (κ2) is 7.95. The molecule has 1 saturated heterocycles. The molecule has 1 aliphatic heterocycles. The summed E-state index contributed by atoms with van der Waals surface area (Å²) < 4.78 is 16.1. The number of rotatable bonds is 5. The SMILES string of the molecule is COc1ccc(C(=O)N2CCC[C@@H]2c2nc(-c3ccc(C)cc3)no2)cc1OC. The van der Waals surface area contributed by atoms with E-state index < -0.39 is 0 Å². The van der Waals surface area contributed by atoms with Gasteiger partial charge < -0.3 is 18.9 Å². The topological polar surface area (TPSA) is 77.7 Å². The Labute approximate surface area is 169 Å². The first-order valence-electron chi connectivity index (χ1n) is 9.54. The zero-order valence-electron chi connectivity index (χ0n) is 16.7. The largest absolute Gasteiger partial charge is 0.493 e. The van der Waals surface area contributed by atoms with Crippen LogP contribution in [0.4, 0.5) is 0 Å². The molecule has 0 N–H and O–H groups in total. The zero-order chi connectivity index (χ0) is 20.4. The van der Waals surface area contributed by atoms with Crippen molar-refractivity contribution in [3.63, 3.8) is 0 Å². The number of benzene rings is 2. The quantitative estimate of drug-likeness (QED) is 0.651. The average molecular weight is 393 g/mol. The van der Waals surface area contributed by atoms with E-state index in [4.69, 9.17) is 14.0 Å². The van der Waals surface area contributed by atoms with Gasteiger partial charge in [-0.15, -0.1) is 0 Å². The second-order valence-corrected chi connectivity index (χ2v) is 7.05. The predicted octanol–water partition coefficient (Wildman–Crippen LogP) is 4.04. The number of aryl methyl sites for hydroxylation is 1. The maximum Gasteiger partial charge on any atom is 0.254 e. The number of methoxy groups -OCH3 is 2. The van der Waals surface area contributed by atoms with E-state index in [1.807, 2.05) is 31.2 Å². The number of amides is 1. The van der Waals surface area contributed by atoms with Gasteiger partial charge in [-0.1, -0.05) is 35.0 Å². The minimum absolute atomic E-state index is 0.0939. The summed E-state index contributed by atoms with van der Waals surface area (Å²) in [5.74, 6) is 2.01. The molecule has 7 nitrogen and oxygen atoms in total. The van der Waals surface area contributed by atoms with Gasteiger partial charge in [-0.05, 0) is 38.0 Å². The van der Waals surface area contributed by atoms with Crippen molar-refractivity contribution in [2.45, 2.75) is 25.8 Å². The van der Waals surface area contributed by atoms with Crippen LogP contribution in [-0.4, -0.2) is 41.7 Å². The van der Waals surface area contributed by atoms with Crippen molar-refractivity contribution in [2.24, 2.45) is 0 Å². The molecule has 0 spiro atoms. The minimum Gasteiger partial charge on any atom is -0.493 e. The van der Waals surface area contributed by atoms with Crippen LogP contribution in [0.3, 0.4) is 0 Å². The van der Waals surface area contributed by atoms with Gasteiger partial charge in [0.15, 0.2) is 11.5 Å². The molecule has 29 heavy (non-hydrogen) atoms. The molecule has 1 atom stereocenters. The summed E-state index contributed by atoms with van der Waals surface area (Å²) in [4.78, 5) is 19.5. The van der Waals surface area contributed by atoms with Crippen molar-refractivity contribution in [1.29, 1.82) is 0 Å². The van der Waals surface area contributed by atoms with Crippen LogP contribution in [0.25, 0.3) is 11.4 Å². The number of carbonyl (C=O) groups is 1. The second-order valence-electron chi connectivity index (χ2n) is 7.05. The van der Waals surface area contributed by atoms with Gasteiger partial charge in [-0.25, -0.2) is 0 Å². The Kier molecular flexibility index (Phi) is 5.20.